The van der Waals surface area contributed by atoms with Gasteiger partial charge in [0.05, 0.1) is 31.4 Å². The summed E-state index contributed by atoms with van der Waals surface area (Å²) in [4.78, 5) is 31.4. The number of carbonyl (C=O) groups is 2. The minimum Gasteiger partial charge on any atom is -0.467 e. The standard InChI is InChI=1S/C22H19ClFN3O3/c1-30-22(29)19-10-18-20(12-27(19)21(28)15-4-8-17(24)9-5-15)26(13-25-18)11-14-2-6-16(23)7-3-14/h2-9,13,19H,10-12H2,1H3. The molecule has 1 unspecified atom stereocenters. The van der Waals surface area contributed by atoms with Gasteiger partial charge in [-0.25, -0.2) is 14.2 Å². The largest absolute Gasteiger partial charge is 0.467 e. The van der Waals surface area contributed by atoms with Crippen LogP contribution in [0.15, 0.2) is 54.9 Å². The predicted octanol–water partition coefficient (Wildman–Crippen LogP) is 3.46. The second-order valence-electron chi connectivity index (χ2n) is 7.08. The number of amides is 1. The highest BCUT2D eigenvalue weighted by molar-refractivity contribution is 6.30. The maximum absolute atomic E-state index is 13.3. The Kier molecular flexibility index (Phi) is 5.55. The number of imidazole rings is 1. The van der Waals surface area contributed by atoms with Crippen LogP contribution in [0.25, 0.3) is 0 Å². The van der Waals surface area contributed by atoms with Crippen LogP contribution in [-0.2, 0) is 29.0 Å². The van der Waals surface area contributed by atoms with Gasteiger partial charge in [-0.3, -0.25) is 4.79 Å². The van der Waals surface area contributed by atoms with Gasteiger partial charge in [-0.1, -0.05) is 23.7 Å². The molecule has 2 heterocycles. The summed E-state index contributed by atoms with van der Waals surface area (Å²) in [5.41, 5.74) is 2.94. The molecule has 2 aromatic carbocycles. The van der Waals surface area contributed by atoms with Gasteiger partial charge in [-0.2, -0.15) is 0 Å². The van der Waals surface area contributed by atoms with Crippen molar-refractivity contribution >= 4 is 23.5 Å². The van der Waals surface area contributed by atoms with Crippen molar-refractivity contribution in [2.24, 2.45) is 0 Å². The predicted molar refractivity (Wildman–Crippen MR) is 109 cm³/mol. The van der Waals surface area contributed by atoms with Gasteiger partial charge in [0.15, 0.2) is 0 Å². The van der Waals surface area contributed by atoms with E-state index in [1.54, 1.807) is 6.33 Å². The summed E-state index contributed by atoms with van der Waals surface area (Å²) in [5.74, 6) is -1.31. The molecule has 0 aliphatic carbocycles. The van der Waals surface area contributed by atoms with Gasteiger partial charge >= 0.3 is 5.97 Å². The highest BCUT2D eigenvalue weighted by Gasteiger charge is 2.38. The molecule has 0 spiro atoms. The van der Waals surface area contributed by atoms with E-state index < -0.39 is 17.8 Å². The molecule has 0 saturated heterocycles. The summed E-state index contributed by atoms with van der Waals surface area (Å²) in [6.07, 6.45) is 1.96. The van der Waals surface area contributed by atoms with Crippen LogP contribution in [0, 0.1) is 5.82 Å². The molecule has 0 N–H and O–H groups in total. The van der Waals surface area contributed by atoms with Crippen molar-refractivity contribution in [3.8, 4) is 0 Å². The molecule has 1 aliphatic heterocycles. The van der Waals surface area contributed by atoms with Gasteiger partial charge in [0.25, 0.3) is 5.91 Å². The number of ether oxygens (including phenoxy) is 1. The number of carbonyl (C=O) groups excluding carboxylic acids is 2. The molecular formula is C22H19ClFN3O3. The highest BCUT2D eigenvalue weighted by atomic mass is 35.5. The van der Waals surface area contributed by atoms with Gasteiger partial charge in [0, 0.05) is 23.6 Å². The summed E-state index contributed by atoms with van der Waals surface area (Å²) < 4.78 is 20.1. The highest BCUT2D eigenvalue weighted by Crippen LogP contribution is 2.26. The molecule has 154 valence electrons. The Morgan fingerprint density at radius 1 is 1.17 bits per heavy atom. The van der Waals surface area contributed by atoms with E-state index in [0.29, 0.717) is 17.1 Å². The number of esters is 1. The zero-order chi connectivity index (χ0) is 21.3. The van der Waals surface area contributed by atoms with Crippen molar-refractivity contribution in [1.29, 1.82) is 0 Å². The van der Waals surface area contributed by atoms with Crippen molar-refractivity contribution < 1.29 is 18.7 Å². The number of nitrogens with zero attached hydrogens (tertiary/aromatic N) is 3. The molecule has 6 nitrogen and oxygen atoms in total. The Balaban J connectivity index is 1.65. The Morgan fingerprint density at radius 2 is 1.87 bits per heavy atom. The zero-order valence-corrected chi connectivity index (χ0v) is 17.0. The Labute approximate surface area is 177 Å². The van der Waals surface area contributed by atoms with Crippen molar-refractivity contribution in [3.63, 3.8) is 0 Å². The maximum Gasteiger partial charge on any atom is 0.329 e. The van der Waals surface area contributed by atoms with Gasteiger partial charge in [-0.15, -0.1) is 0 Å². The summed E-state index contributed by atoms with van der Waals surface area (Å²) in [5, 5.41) is 0.656. The molecule has 8 heteroatoms. The first kappa shape index (κ1) is 20.1. The number of benzene rings is 2. The summed E-state index contributed by atoms with van der Waals surface area (Å²) in [7, 11) is 1.29. The molecule has 1 amide bonds. The molecule has 4 rings (SSSR count). The van der Waals surface area contributed by atoms with Gasteiger partial charge in [0.2, 0.25) is 0 Å². The van der Waals surface area contributed by atoms with Gasteiger partial charge in [0.1, 0.15) is 11.9 Å². The van der Waals surface area contributed by atoms with E-state index in [2.05, 4.69) is 4.98 Å². The SMILES string of the molecule is COC(=O)C1Cc2ncn(Cc3ccc(Cl)cc3)c2CN1C(=O)c1ccc(F)cc1. The number of hydrogen-bond acceptors (Lipinski definition) is 4. The van der Waals surface area contributed by atoms with E-state index in [-0.39, 0.29) is 18.9 Å². The molecular weight excluding hydrogens is 409 g/mol. The van der Waals surface area contributed by atoms with Crippen LogP contribution in [0.3, 0.4) is 0 Å². The topological polar surface area (TPSA) is 64.4 Å². The van der Waals surface area contributed by atoms with Crippen LogP contribution in [0.5, 0.6) is 0 Å². The molecule has 3 aromatic rings. The smallest absolute Gasteiger partial charge is 0.329 e. The number of methoxy groups -OCH3 is 1. The van der Waals surface area contributed by atoms with E-state index in [9.17, 15) is 14.0 Å². The molecule has 1 aliphatic rings. The second-order valence-corrected chi connectivity index (χ2v) is 7.51. The number of aromatic nitrogens is 2. The first-order chi connectivity index (χ1) is 14.5. The fourth-order valence-corrected chi connectivity index (χ4v) is 3.73. The Bertz CT molecular complexity index is 1080. The lowest BCUT2D eigenvalue weighted by Gasteiger charge is -2.34. The number of fused-ring (bicyclic) bond motifs is 1. The van der Waals surface area contributed by atoms with Crippen LogP contribution >= 0.6 is 11.6 Å². The lowest BCUT2D eigenvalue weighted by atomic mass is 10.0. The third-order valence-electron chi connectivity index (χ3n) is 5.21. The van der Waals surface area contributed by atoms with E-state index >= 15 is 0 Å². The fourth-order valence-electron chi connectivity index (χ4n) is 3.61. The van der Waals surface area contributed by atoms with E-state index in [1.807, 2.05) is 28.8 Å². The number of hydrogen-bond donors (Lipinski definition) is 0. The lowest BCUT2D eigenvalue weighted by Crippen LogP contribution is -2.49. The minimum atomic E-state index is -0.793. The van der Waals surface area contributed by atoms with E-state index in [1.165, 1.54) is 36.3 Å². The van der Waals surface area contributed by atoms with Crippen molar-refractivity contribution in [3.05, 3.63) is 88.2 Å². The molecule has 0 bridgehead atoms. The van der Waals surface area contributed by atoms with Crippen LogP contribution in [0.2, 0.25) is 5.02 Å². The molecule has 30 heavy (non-hydrogen) atoms. The maximum atomic E-state index is 13.3. The second kappa shape index (κ2) is 8.28. The summed E-state index contributed by atoms with van der Waals surface area (Å²) >= 11 is 5.96. The minimum absolute atomic E-state index is 0.193. The average Bonchev–Trinajstić information content (AvgIpc) is 3.15. The first-order valence-corrected chi connectivity index (χ1v) is 9.75. The van der Waals surface area contributed by atoms with Gasteiger partial charge < -0.3 is 14.2 Å². The summed E-state index contributed by atoms with van der Waals surface area (Å²) in [6.45, 7) is 0.750. The van der Waals surface area contributed by atoms with Gasteiger partial charge in [-0.05, 0) is 42.0 Å². The van der Waals surface area contributed by atoms with E-state index in [4.69, 9.17) is 16.3 Å². The molecule has 0 fully saturated rings. The van der Waals surface area contributed by atoms with Crippen molar-refractivity contribution in [1.82, 2.24) is 14.5 Å². The normalized spacial score (nSPS) is 15.6. The Hall–Kier alpha value is -3.19. The summed E-state index contributed by atoms with van der Waals surface area (Å²) in [6, 6.07) is 12.0. The van der Waals surface area contributed by atoms with Crippen molar-refractivity contribution in [2.45, 2.75) is 25.6 Å². The van der Waals surface area contributed by atoms with Crippen LogP contribution in [0.4, 0.5) is 4.39 Å². The molecule has 0 radical (unpaired) electrons. The molecule has 1 aromatic heterocycles. The number of rotatable bonds is 4. The van der Waals surface area contributed by atoms with E-state index in [0.717, 1.165) is 17.0 Å². The van der Waals surface area contributed by atoms with Crippen LogP contribution in [0.1, 0.15) is 27.3 Å². The fraction of sp³-hybridized carbons (Fsp3) is 0.227. The lowest BCUT2D eigenvalue weighted by molar-refractivity contribution is -0.146. The third kappa shape index (κ3) is 3.93. The average molecular weight is 428 g/mol. The Morgan fingerprint density at radius 3 is 2.53 bits per heavy atom. The van der Waals surface area contributed by atoms with Crippen LogP contribution in [-0.4, -0.2) is 39.5 Å². The van der Waals surface area contributed by atoms with Crippen molar-refractivity contribution in [2.75, 3.05) is 7.11 Å². The molecule has 0 saturated carbocycles. The third-order valence-corrected chi connectivity index (χ3v) is 5.46. The first-order valence-electron chi connectivity index (χ1n) is 9.38. The quantitative estimate of drug-likeness (QED) is 0.598. The monoisotopic (exact) mass is 427 g/mol. The number of halogens is 2. The van der Waals surface area contributed by atoms with Crippen LogP contribution < -0.4 is 0 Å². The zero-order valence-electron chi connectivity index (χ0n) is 16.2. The molecule has 1 atom stereocenters.